The van der Waals surface area contributed by atoms with Gasteiger partial charge in [0, 0.05) is 0 Å². The second kappa shape index (κ2) is 3.77. The van der Waals surface area contributed by atoms with Crippen LogP contribution in [0.15, 0.2) is 18.3 Å². The minimum absolute atomic E-state index is 0.539. The number of rotatable bonds is 2. The summed E-state index contributed by atoms with van der Waals surface area (Å²) in [7, 11) is 0. The zero-order chi connectivity index (χ0) is 11.0. The highest BCUT2D eigenvalue weighted by molar-refractivity contribution is 5.42. The van der Waals surface area contributed by atoms with Crippen molar-refractivity contribution in [2.45, 2.75) is 32.1 Å². The van der Waals surface area contributed by atoms with E-state index >= 15 is 0 Å². The van der Waals surface area contributed by atoms with Crippen molar-refractivity contribution in [3.63, 3.8) is 0 Å². The lowest BCUT2D eigenvalue weighted by atomic mass is 10.0. The van der Waals surface area contributed by atoms with Gasteiger partial charge in [-0.3, -0.25) is 0 Å². The highest BCUT2D eigenvalue weighted by atomic mass is 15.3. The molecule has 0 atom stereocenters. The molecular formula is C12H16N4. The number of fused-ring (bicyclic) bond motifs is 1. The van der Waals surface area contributed by atoms with Crippen molar-refractivity contribution in [2.75, 3.05) is 5.73 Å². The Kier molecular flexibility index (Phi) is 2.27. The van der Waals surface area contributed by atoms with Crippen LogP contribution in [0.3, 0.4) is 0 Å². The summed E-state index contributed by atoms with van der Waals surface area (Å²) >= 11 is 0. The van der Waals surface area contributed by atoms with Gasteiger partial charge >= 0.3 is 0 Å². The van der Waals surface area contributed by atoms with E-state index in [1.54, 1.807) is 10.6 Å². The molecule has 0 aliphatic heterocycles. The molecule has 84 valence electrons. The molecule has 4 nitrogen and oxygen atoms in total. The van der Waals surface area contributed by atoms with Gasteiger partial charge in [0.05, 0.1) is 11.9 Å². The largest absolute Gasteiger partial charge is 0.382 e. The van der Waals surface area contributed by atoms with Gasteiger partial charge in [-0.05, 0) is 24.5 Å². The summed E-state index contributed by atoms with van der Waals surface area (Å²) in [6.07, 6.45) is 8.55. The molecule has 0 unspecified atom stereocenters. The average Bonchev–Trinajstić information content (AvgIpc) is 2.86. The molecule has 0 radical (unpaired) electrons. The van der Waals surface area contributed by atoms with Gasteiger partial charge in [-0.15, -0.1) is 5.10 Å². The zero-order valence-corrected chi connectivity index (χ0v) is 9.26. The van der Waals surface area contributed by atoms with Gasteiger partial charge in [0.15, 0.2) is 5.65 Å². The van der Waals surface area contributed by atoms with E-state index in [2.05, 4.69) is 10.1 Å². The standard InChI is InChI=1S/C12H16N4/c13-11-5-6-12-14-10(8-16(12)15-11)7-9-3-1-2-4-9/h5-6,8-9H,1-4,7H2,(H2,13,15). The molecule has 2 N–H and O–H groups in total. The van der Waals surface area contributed by atoms with Crippen LogP contribution < -0.4 is 5.73 Å². The lowest BCUT2D eigenvalue weighted by Gasteiger charge is -2.04. The van der Waals surface area contributed by atoms with Crippen LogP contribution in [0.1, 0.15) is 31.4 Å². The SMILES string of the molecule is Nc1ccc2nc(CC3CCCC3)cn2n1. The Morgan fingerprint density at radius 3 is 2.94 bits per heavy atom. The fraction of sp³-hybridized carbons (Fsp3) is 0.500. The third-order valence-electron chi connectivity index (χ3n) is 3.36. The van der Waals surface area contributed by atoms with Gasteiger partial charge in [-0.25, -0.2) is 9.50 Å². The summed E-state index contributed by atoms with van der Waals surface area (Å²) in [4.78, 5) is 4.56. The normalized spacial score (nSPS) is 17.2. The molecule has 0 bridgehead atoms. The molecular weight excluding hydrogens is 200 g/mol. The number of nitrogens with zero attached hydrogens (tertiary/aromatic N) is 3. The van der Waals surface area contributed by atoms with Gasteiger partial charge in [-0.2, -0.15) is 0 Å². The smallest absolute Gasteiger partial charge is 0.153 e. The van der Waals surface area contributed by atoms with Gasteiger partial charge in [0.1, 0.15) is 5.82 Å². The Labute approximate surface area is 94.5 Å². The first-order chi connectivity index (χ1) is 7.81. The van der Waals surface area contributed by atoms with Crippen LogP contribution >= 0.6 is 0 Å². The van der Waals surface area contributed by atoms with E-state index in [4.69, 9.17) is 5.73 Å². The molecule has 0 spiro atoms. The molecule has 4 heteroatoms. The van der Waals surface area contributed by atoms with E-state index in [9.17, 15) is 0 Å². The predicted molar refractivity (Wildman–Crippen MR) is 63.1 cm³/mol. The van der Waals surface area contributed by atoms with Crippen molar-refractivity contribution in [3.05, 3.63) is 24.0 Å². The molecule has 0 amide bonds. The summed E-state index contributed by atoms with van der Waals surface area (Å²) in [5, 5.41) is 4.20. The van der Waals surface area contributed by atoms with E-state index in [1.165, 1.54) is 25.7 Å². The van der Waals surface area contributed by atoms with E-state index in [0.717, 1.165) is 23.7 Å². The molecule has 0 aromatic carbocycles. The highest BCUT2D eigenvalue weighted by Gasteiger charge is 2.16. The van der Waals surface area contributed by atoms with Crippen LogP contribution in [0.2, 0.25) is 0 Å². The number of hydrogen-bond acceptors (Lipinski definition) is 3. The van der Waals surface area contributed by atoms with E-state index in [-0.39, 0.29) is 0 Å². The first kappa shape index (κ1) is 9.63. The van der Waals surface area contributed by atoms with Crippen LogP contribution in [0.4, 0.5) is 5.82 Å². The maximum absolute atomic E-state index is 5.64. The first-order valence-electron chi connectivity index (χ1n) is 5.92. The number of imidazole rings is 1. The minimum Gasteiger partial charge on any atom is -0.382 e. The maximum atomic E-state index is 5.64. The summed E-state index contributed by atoms with van der Waals surface area (Å²) in [5.41, 5.74) is 7.67. The van der Waals surface area contributed by atoms with Crippen LogP contribution in [-0.4, -0.2) is 14.6 Å². The van der Waals surface area contributed by atoms with Crippen molar-refractivity contribution in [3.8, 4) is 0 Å². The van der Waals surface area contributed by atoms with Crippen molar-refractivity contribution in [2.24, 2.45) is 5.92 Å². The molecule has 3 rings (SSSR count). The summed E-state index contributed by atoms with van der Waals surface area (Å²) in [6, 6.07) is 3.71. The average molecular weight is 216 g/mol. The van der Waals surface area contributed by atoms with Crippen LogP contribution in [0.25, 0.3) is 5.65 Å². The molecule has 2 aromatic rings. The summed E-state index contributed by atoms with van der Waals surface area (Å²) < 4.78 is 1.78. The van der Waals surface area contributed by atoms with Crippen molar-refractivity contribution < 1.29 is 0 Å². The molecule has 1 saturated carbocycles. The van der Waals surface area contributed by atoms with E-state index in [0.29, 0.717) is 5.82 Å². The third-order valence-corrected chi connectivity index (χ3v) is 3.36. The lowest BCUT2D eigenvalue weighted by molar-refractivity contribution is 0.540. The number of nitrogens with two attached hydrogens (primary N) is 1. The highest BCUT2D eigenvalue weighted by Crippen LogP contribution is 2.27. The fourth-order valence-electron chi connectivity index (χ4n) is 2.55. The number of anilines is 1. The summed E-state index contributed by atoms with van der Waals surface area (Å²) in [6.45, 7) is 0. The van der Waals surface area contributed by atoms with Gasteiger partial charge in [-0.1, -0.05) is 25.7 Å². The topological polar surface area (TPSA) is 56.2 Å². The molecule has 2 heterocycles. The van der Waals surface area contributed by atoms with Crippen LogP contribution in [-0.2, 0) is 6.42 Å². The molecule has 1 fully saturated rings. The maximum Gasteiger partial charge on any atom is 0.153 e. The number of hydrogen-bond donors (Lipinski definition) is 1. The Morgan fingerprint density at radius 1 is 1.31 bits per heavy atom. The van der Waals surface area contributed by atoms with Crippen molar-refractivity contribution >= 4 is 11.5 Å². The van der Waals surface area contributed by atoms with Crippen LogP contribution in [0, 0.1) is 5.92 Å². The van der Waals surface area contributed by atoms with Crippen molar-refractivity contribution in [1.29, 1.82) is 0 Å². The minimum atomic E-state index is 0.539. The number of aromatic nitrogens is 3. The Bertz CT molecular complexity index is 497. The third kappa shape index (κ3) is 1.75. The molecule has 2 aromatic heterocycles. The monoisotopic (exact) mass is 216 g/mol. The first-order valence-corrected chi connectivity index (χ1v) is 5.92. The second-order valence-electron chi connectivity index (χ2n) is 4.65. The molecule has 0 saturated heterocycles. The van der Waals surface area contributed by atoms with Gasteiger partial charge < -0.3 is 5.73 Å². The van der Waals surface area contributed by atoms with Crippen molar-refractivity contribution in [1.82, 2.24) is 14.6 Å². The van der Waals surface area contributed by atoms with Crippen LogP contribution in [0.5, 0.6) is 0 Å². The van der Waals surface area contributed by atoms with Gasteiger partial charge in [0.2, 0.25) is 0 Å². The summed E-state index contributed by atoms with van der Waals surface area (Å²) in [5.74, 6) is 1.36. The zero-order valence-electron chi connectivity index (χ0n) is 9.26. The molecule has 1 aliphatic rings. The quantitative estimate of drug-likeness (QED) is 0.835. The fourth-order valence-corrected chi connectivity index (χ4v) is 2.55. The molecule has 1 aliphatic carbocycles. The second-order valence-corrected chi connectivity index (χ2v) is 4.65. The predicted octanol–water partition coefficient (Wildman–Crippen LogP) is 2.04. The Hall–Kier alpha value is -1.58. The lowest BCUT2D eigenvalue weighted by Crippen LogP contribution is -1.98. The Morgan fingerprint density at radius 2 is 2.12 bits per heavy atom. The van der Waals surface area contributed by atoms with Gasteiger partial charge in [0.25, 0.3) is 0 Å². The van der Waals surface area contributed by atoms with E-state index < -0.39 is 0 Å². The number of nitrogen functional groups attached to an aromatic ring is 1. The van der Waals surface area contributed by atoms with E-state index in [1.807, 2.05) is 12.3 Å². The molecule has 16 heavy (non-hydrogen) atoms. The Balaban J connectivity index is 1.86.